The number of carbonyl (C=O) groups is 1. The van der Waals surface area contributed by atoms with Gasteiger partial charge in [0, 0.05) is 10.0 Å². The van der Waals surface area contributed by atoms with Crippen molar-refractivity contribution in [2.24, 2.45) is 0 Å². The largest absolute Gasteiger partial charge is 0.493 e. The third-order valence-electron chi connectivity index (χ3n) is 3.34. The lowest BCUT2D eigenvalue weighted by Crippen LogP contribution is -2.27. The van der Waals surface area contributed by atoms with Crippen molar-refractivity contribution in [2.45, 2.75) is 12.8 Å². The van der Waals surface area contributed by atoms with E-state index in [0.29, 0.717) is 23.6 Å². The van der Waals surface area contributed by atoms with Gasteiger partial charge in [0.1, 0.15) is 0 Å². The van der Waals surface area contributed by atoms with Crippen LogP contribution < -0.4 is 9.47 Å². The highest BCUT2D eigenvalue weighted by Crippen LogP contribution is 2.33. The van der Waals surface area contributed by atoms with Crippen LogP contribution in [-0.4, -0.2) is 44.5 Å². The molecule has 0 bridgehead atoms. The molecule has 2 rings (SSSR count). The Bertz CT molecular complexity index is 470. The summed E-state index contributed by atoms with van der Waals surface area (Å²) < 4.78 is 11.2. The molecule has 1 aliphatic heterocycles. The van der Waals surface area contributed by atoms with E-state index in [9.17, 15) is 4.79 Å². The normalized spacial score (nSPS) is 15.5. The fraction of sp³-hybridized carbons (Fsp3) is 0.500. The Balaban J connectivity index is 2.20. The number of nitrogens with zero attached hydrogens (tertiary/aromatic N) is 1. The van der Waals surface area contributed by atoms with Gasteiger partial charge in [0.2, 0.25) is 0 Å². The first-order chi connectivity index (χ1) is 9.15. The minimum Gasteiger partial charge on any atom is -0.493 e. The predicted molar refractivity (Wildman–Crippen MR) is 77.3 cm³/mol. The van der Waals surface area contributed by atoms with Gasteiger partial charge < -0.3 is 9.47 Å². The maximum absolute atomic E-state index is 12.3. The van der Waals surface area contributed by atoms with Crippen LogP contribution in [0.3, 0.4) is 0 Å². The topological polar surface area (TPSA) is 38.8 Å². The van der Waals surface area contributed by atoms with E-state index < -0.39 is 0 Å². The monoisotopic (exact) mass is 327 g/mol. The number of hydrogen-bond donors (Lipinski definition) is 0. The van der Waals surface area contributed by atoms with E-state index in [1.807, 2.05) is 0 Å². The van der Waals surface area contributed by atoms with Crippen molar-refractivity contribution in [2.75, 3.05) is 33.9 Å². The molecule has 5 heteroatoms. The van der Waals surface area contributed by atoms with Crippen molar-refractivity contribution in [3.8, 4) is 11.5 Å². The SMILES string of the molecule is COc1cc(Br)c(C(=O)CN2CCCC2)cc1OC. The molecule has 0 aromatic heterocycles. The molecular weight excluding hydrogens is 310 g/mol. The van der Waals surface area contributed by atoms with Gasteiger partial charge in [0.15, 0.2) is 17.3 Å². The van der Waals surface area contributed by atoms with Crippen LogP contribution in [0.4, 0.5) is 0 Å². The van der Waals surface area contributed by atoms with Crippen LogP contribution in [-0.2, 0) is 0 Å². The van der Waals surface area contributed by atoms with Gasteiger partial charge in [-0.3, -0.25) is 9.69 Å². The molecule has 0 radical (unpaired) electrons. The van der Waals surface area contributed by atoms with Crippen molar-refractivity contribution in [1.29, 1.82) is 0 Å². The average molecular weight is 328 g/mol. The Morgan fingerprint density at radius 2 is 1.79 bits per heavy atom. The number of Topliss-reactive ketones (excluding diaryl/α,β-unsaturated/α-hetero) is 1. The maximum atomic E-state index is 12.3. The summed E-state index contributed by atoms with van der Waals surface area (Å²) in [5, 5.41) is 0. The van der Waals surface area contributed by atoms with Crippen LogP contribution in [0.2, 0.25) is 0 Å². The first-order valence-electron chi connectivity index (χ1n) is 6.32. The second kappa shape index (κ2) is 6.39. The third kappa shape index (κ3) is 3.28. The van der Waals surface area contributed by atoms with Crippen molar-refractivity contribution >= 4 is 21.7 Å². The molecule has 1 fully saturated rings. The van der Waals surface area contributed by atoms with Crippen LogP contribution in [0, 0.1) is 0 Å². The number of hydrogen-bond acceptors (Lipinski definition) is 4. The summed E-state index contributed by atoms with van der Waals surface area (Å²) in [5.41, 5.74) is 0.643. The summed E-state index contributed by atoms with van der Waals surface area (Å²) in [6.07, 6.45) is 2.36. The maximum Gasteiger partial charge on any atom is 0.178 e. The summed E-state index contributed by atoms with van der Waals surface area (Å²) in [7, 11) is 3.15. The van der Waals surface area contributed by atoms with E-state index in [0.717, 1.165) is 17.6 Å². The number of ketones is 1. The second-order valence-electron chi connectivity index (χ2n) is 4.59. The molecule has 1 aliphatic rings. The Labute approximate surface area is 121 Å². The van der Waals surface area contributed by atoms with Gasteiger partial charge in [-0.2, -0.15) is 0 Å². The van der Waals surface area contributed by atoms with Crippen LogP contribution >= 0.6 is 15.9 Å². The number of carbonyl (C=O) groups excluding carboxylic acids is 1. The fourth-order valence-corrected chi connectivity index (χ4v) is 2.84. The average Bonchev–Trinajstić information content (AvgIpc) is 2.90. The summed E-state index contributed by atoms with van der Waals surface area (Å²) in [4.78, 5) is 14.5. The molecule has 1 aromatic rings. The van der Waals surface area contributed by atoms with Gasteiger partial charge in [0.05, 0.1) is 20.8 Å². The molecule has 0 aliphatic carbocycles. The Morgan fingerprint density at radius 1 is 1.21 bits per heavy atom. The van der Waals surface area contributed by atoms with Gasteiger partial charge in [-0.25, -0.2) is 0 Å². The van der Waals surface area contributed by atoms with E-state index in [1.165, 1.54) is 12.8 Å². The molecule has 1 heterocycles. The Hall–Kier alpha value is -1.07. The van der Waals surface area contributed by atoms with Crippen molar-refractivity contribution in [1.82, 2.24) is 4.90 Å². The molecule has 0 atom stereocenters. The Kier molecular flexibility index (Phi) is 4.82. The predicted octanol–water partition coefficient (Wildman–Crippen LogP) is 2.74. The second-order valence-corrected chi connectivity index (χ2v) is 5.45. The number of halogens is 1. The van der Waals surface area contributed by atoms with Gasteiger partial charge in [0.25, 0.3) is 0 Å². The molecule has 104 valence electrons. The molecule has 0 N–H and O–H groups in total. The standard InChI is InChI=1S/C14H18BrNO3/c1-18-13-7-10(11(15)8-14(13)19-2)12(17)9-16-5-3-4-6-16/h7-8H,3-6,9H2,1-2H3. The van der Waals surface area contributed by atoms with Gasteiger partial charge >= 0.3 is 0 Å². The Morgan fingerprint density at radius 3 is 2.37 bits per heavy atom. The summed E-state index contributed by atoms with van der Waals surface area (Å²) in [6.45, 7) is 2.49. The zero-order valence-electron chi connectivity index (χ0n) is 11.2. The third-order valence-corrected chi connectivity index (χ3v) is 4.00. The first kappa shape index (κ1) is 14.3. The highest BCUT2D eigenvalue weighted by Gasteiger charge is 2.20. The number of methoxy groups -OCH3 is 2. The molecule has 0 amide bonds. The van der Waals surface area contributed by atoms with Gasteiger partial charge in [-0.1, -0.05) is 0 Å². The minimum atomic E-state index is 0.106. The molecule has 0 saturated carbocycles. The van der Waals surface area contributed by atoms with E-state index in [2.05, 4.69) is 20.8 Å². The minimum absolute atomic E-state index is 0.106. The molecule has 1 saturated heterocycles. The van der Waals surface area contributed by atoms with Gasteiger partial charge in [-0.05, 0) is 54.0 Å². The van der Waals surface area contributed by atoms with Crippen LogP contribution in [0.5, 0.6) is 11.5 Å². The number of likely N-dealkylation sites (tertiary alicyclic amines) is 1. The lowest BCUT2D eigenvalue weighted by molar-refractivity contribution is 0.0944. The number of ether oxygens (including phenoxy) is 2. The van der Waals surface area contributed by atoms with Crippen molar-refractivity contribution in [3.63, 3.8) is 0 Å². The lowest BCUT2D eigenvalue weighted by Gasteiger charge is -2.15. The molecule has 19 heavy (non-hydrogen) atoms. The van der Waals surface area contributed by atoms with E-state index >= 15 is 0 Å². The van der Waals surface area contributed by atoms with E-state index in [-0.39, 0.29) is 5.78 Å². The van der Waals surface area contributed by atoms with Crippen LogP contribution in [0.15, 0.2) is 16.6 Å². The summed E-state index contributed by atoms with van der Waals surface area (Å²) >= 11 is 3.43. The zero-order chi connectivity index (χ0) is 13.8. The highest BCUT2D eigenvalue weighted by atomic mass is 79.9. The zero-order valence-corrected chi connectivity index (χ0v) is 12.8. The van der Waals surface area contributed by atoms with Crippen LogP contribution in [0.1, 0.15) is 23.2 Å². The molecule has 0 unspecified atom stereocenters. The van der Waals surface area contributed by atoms with E-state index in [4.69, 9.17) is 9.47 Å². The highest BCUT2D eigenvalue weighted by molar-refractivity contribution is 9.10. The number of rotatable bonds is 5. The van der Waals surface area contributed by atoms with Crippen molar-refractivity contribution in [3.05, 3.63) is 22.2 Å². The fourth-order valence-electron chi connectivity index (χ4n) is 2.30. The van der Waals surface area contributed by atoms with E-state index in [1.54, 1.807) is 26.4 Å². The molecule has 1 aromatic carbocycles. The smallest absolute Gasteiger partial charge is 0.178 e. The lowest BCUT2D eigenvalue weighted by atomic mass is 10.1. The van der Waals surface area contributed by atoms with Crippen molar-refractivity contribution < 1.29 is 14.3 Å². The molecule has 4 nitrogen and oxygen atoms in total. The number of benzene rings is 1. The van der Waals surface area contributed by atoms with Crippen LogP contribution in [0.25, 0.3) is 0 Å². The quantitative estimate of drug-likeness (QED) is 0.779. The molecular formula is C14H18BrNO3. The molecule has 0 spiro atoms. The summed E-state index contributed by atoms with van der Waals surface area (Å²) in [5.74, 6) is 1.30. The summed E-state index contributed by atoms with van der Waals surface area (Å²) in [6, 6.07) is 3.51. The van der Waals surface area contributed by atoms with Gasteiger partial charge in [-0.15, -0.1) is 0 Å². The first-order valence-corrected chi connectivity index (χ1v) is 7.12.